The Morgan fingerprint density at radius 3 is 1.72 bits per heavy atom. The van der Waals surface area contributed by atoms with Crippen LogP contribution in [0.1, 0.15) is 11.1 Å². The molecular weight excluding hydrogens is 366 g/mol. The minimum absolute atomic E-state index is 0.386. The van der Waals surface area contributed by atoms with Crippen molar-refractivity contribution in [1.82, 2.24) is 4.98 Å². The fraction of sp³-hybridized carbons (Fsp3) is 0.0455. The number of carbonyl (C=O) groups excluding carboxylic acids is 2. The zero-order valence-corrected chi connectivity index (χ0v) is 15.1. The van der Waals surface area contributed by atoms with Gasteiger partial charge in [0.1, 0.15) is 11.4 Å². The Hall–Kier alpha value is -4.13. The van der Waals surface area contributed by atoms with Crippen LogP contribution in [-0.4, -0.2) is 28.2 Å². The quantitative estimate of drug-likeness (QED) is 0.642. The van der Waals surface area contributed by atoms with Gasteiger partial charge in [0.05, 0.1) is 11.4 Å². The first-order chi connectivity index (χ1) is 14.2. The maximum Gasteiger partial charge on any atom is 0.275 e. The molecule has 1 aliphatic carbocycles. The molecule has 0 saturated carbocycles. The lowest BCUT2D eigenvalue weighted by molar-refractivity contribution is -0.130. The summed E-state index contributed by atoms with van der Waals surface area (Å²) in [5.41, 5.74) is 1.81. The van der Waals surface area contributed by atoms with Crippen molar-refractivity contribution in [2.75, 3.05) is 10.0 Å². The number of anilines is 2. The molecule has 0 radical (unpaired) electrons. The molecule has 1 aromatic heterocycles. The molecule has 0 fully saturated rings. The number of nitrogens with zero attached hydrogens (tertiary/aromatic N) is 5. The largest absolute Gasteiger partial charge is 0.275 e. The number of pyridine rings is 1. The molecule has 3 heterocycles. The van der Waals surface area contributed by atoms with Crippen LogP contribution in [0.2, 0.25) is 0 Å². The van der Waals surface area contributed by atoms with Crippen molar-refractivity contribution in [3.63, 3.8) is 0 Å². The Morgan fingerprint density at radius 1 is 0.655 bits per heavy atom. The third kappa shape index (κ3) is 1.84. The van der Waals surface area contributed by atoms with Gasteiger partial charge >= 0.3 is 0 Å². The number of amides is 2. The zero-order chi connectivity index (χ0) is 19.6. The highest BCUT2D eigenvalue weighted by Gasteiger charge is 2.69. The molecule has 7 heteroatoms. The molecule has 0 bridgehead atoms. The Kier molecular flexibility index (Phi) is 2.98. The summed E-state index contributed by atoms with van der Waals surface area (Å²) in [6, 6.07) is 20.0. The lowest BCUT2D eigenvalue weighted by Crippen LogP contribution is -2.49. The van der Waals surface area contributed by atoms with Crippen LogP contribution < -0.4 is 10.0 Å². The highest BCUT2D eigenvalue weighted by atomic mass is 16.2. The van der Waals surface area contributed by atoms with Crippen LogP contribution in [0.4, 0.5) is 11.4 Å². The SMILES string of the molecule is O=C1N(c2ccccc2)N=C2c3ccncc3C3=NN(c4ccccc4)C(=O)C123. The van der Waals surface area contributed by atoms with Crippen molar-refractivity contribution < 1.29 is 9.59 Å². The first-order valence-electron chi connectivity index (χ1n) is 9.15. The number of hydrogen-bond donors (Lipinski definition) is 0. The summed E-state index contributed by atoms with van der Waals surface area (Å²) in [5.74, 6) is -0.839. The monoisotopic (exact) mass is 379 g/mol. The molecule has 1 unspecified atom stereocenters. The van der Waals surface area contributed by atoms with Crippen LogP contribution in [0.5, 0.6) is 0 Å². The fourth-order valence-electron chi connectivity index (χ4n) is 4.16. The maximum absolute atomic E-state index is 13.7. The van der Waals surface area contributed by atoms with E-state index in [0.717, 1.165) is 0 Å². The molecule has 1 atom stereocenters. The first kappa shape index (κ1) is 15.9. The highest BCUT2D eigenvalue weighted by molar-refractivity contribution is 6.57. The average molecular weight is 379 g/mol. The van der Waals surface area contributed by atoms with Crippen LogP contribution in [-0.2, 0) is 9.59 Å². The summed E-state index contributed by atoms with van der Waals surface area (Å²) >= 11 is 0. The number of aromatic nitrogens is 1. The third-order valence-electron chi connectivity index (χ3n) is 5.47. The van der Waals surface area contributed by atoms with Gasteiger partial charge in [-0.15, -0.1) is 0 Å². The molecule has 2 amide bonds. The van der Waals surface area contributed by atoms with E-state index in [1.807, 2.05) is 36.4 Å². The number of benzene rings is 2. The molecule has 0 N–H and O–H groups in total. The van der Waals surface area contributed by atoms with E-state index in [2.05, 4.69) is 15.2 Å². The van der Waals surface area contributed by atoms with Crippen LogP contribution in [0.3, 0.4) is 0 Å². The second kappa shape index (κ2) is 5.45. The van der Waals surface area contributed by atoms with E-state index < -0.39 is 17.2 Å². The van der Waals surface area contributed by atoms with Gasteiger partial charge in [0.2, 0.25) is 5.41 Å². The van der Waals surface area contributed by atoms with Crippen molar-refractivity contribution in [1.29, 1.82) is 0 Å². The Balaban J connectivity index is 1.60. The number of hydrogen-bond acceptors (Lipinski definition) is 5. The molecule has 1 spiro atoms. The van der Waals surface area contributed by atoms with Gasteiger partial charge in [-0.05, 0) is 30.3 Å². The first-order valence-corrected chi connectivity index (χ1v) is 9.15. The molecule has 3 aromatic rings. The van der Waals surface area contributed by atoms with E-state index in [0.29, 0.717) is 33.9 Å². The molecule has 0 saturated heterocycles. The van der Waals surface area contributed by atoms with Crippen molar-refractivity contribution >= 4 is 34.6 Å². The summed E-state index contributed by atoms with van der Waals surface area (Å²) in [4.78, 5) is 31.6. The maximum atomic E-state index is 13.7. The zero-order valence-electron chi connectivity index (χ0n) is 15.1. The fourth-order valence-corrected chi connectivity index (χ4v) is 4.16. The molecule has 2 aromatic carbocycles. The van der Waals surface area contributed by atoms with Crippen LogP contribution in [0.15, 0.2) is 89.3 Å². The predicted octanol–water partition coefficient (Wildman–Crippen LogP) is 2.58. The van der Waals surface area contributed by atoms with E-state index in [1.54, 1.807) is 42.7 Å². The molecule has 7 nitrogen and oxygen atoms in total. The lowest BCUT2D eigenvalue weighted by Gasteiger charge is -2.21. The van der Waals surface area contributed by atoms with Crippen LogP contribution in [0, 0.1) is 5.41 Å². The molecule has 3 aliphatic rings. The number of carbonyl (C=O) groups is 2. The minimum atomic E-state index is -1.57. The van der Waals surface area contributed by atoms with Crippen molar-refractivity contribution in [2.24, 2.45) is 15.6 Å². The lowest BCUT2D eigenvalue weighted by atomic mass is 9.81. The number of hydrazone groups is 2. The van der Waals surface area contributed by atoms with E-state index in [1.165, 1.54) is 10.0 Å². The third-order valence-corrected chi connectivity index (χ3v) is 5.47. The second-order valence-electron chi connectivity index (χ2n) is 6.97. The number of rotatable bonds is 2. The topological polar surface area (TPSA) is 78.2 Å². The Morgan fingerprint density at radius 2 is 1.17 bits per heavy atom. The average Bonchev–Trinajstić information content (AvgIpc) is 3.35. The number of para-hydroxylation sites is 2. The molecule has 29 heavy (non-hydrogen) atoms. The van der Waals surface area contributed by atoms with E-state index in [-0.39, 0.29) is 0 Å². The molecule has 6 rings (SSSR count). The van der Waals surface area contributed by atoms with Crippen LogP contribution >= 0.6 is 0 Å². The van der Waals surface area contributed by atoms with Gasteiger partial charge in [0.25, 0.3) is 11.8 Å². The summed E-state index contributed by atoms with van der Waals surface area (Å²) in [5, 5.41) is 11.8. The van der Waals surface area contributed by atoms with E-state index in [4.69, 9.17) is 0 Å². The standard InChI is InChI=1S/C22H13N5O2/c28-20-22-18(24-26(20)14-7-3-1-4-8-14)16-11-12-23-13-17(16)19(22)25-27(21(22)29)15-9-5-2-6-10-15/h1-13H. The van der Waals surface area contributed by atoms with Gasteiger partial charge < -0.3 is 0 Å². The minimum Gasteiger partial charge on any atom is -0.270 e. The normalized spacial score (nSPS) is 21.7. The smallest absolute Gasteiger partial charge is 0.270 e. The van der Waals surface area contributed by atoms with Crippen molar-refractivity contribution in [2.45, 2.75) is 0 Å². The summed E-state index contributed by atoms with van der Waals surface area (Å²) in [6.07, 6.45) is 3.27. The number of fused-ring (bicyclic) bond motifs is 3. The van der Waals surface area contributed by atoms with Gasteiger partial charge in [0.15, 0.2) is 0 Å². The summed E-state index contributed by atoms with van der Waals surface area (Å²) < 4.78 is 0. The summed E-state index contributed by atoms with van der Waals surface area (Å²) in [6.45, 7) is 0. The van der Waals surface area contributed by atoms with Gasteiger partial charge in [-0.3, -0.25) is 14.6 Å². The second-order valence-corrected chi connectivity index (χ2v) is 6.97. The van der Waals surface area contributed by atoms with Gasteiger partial charge in [-0.2, -0.15) is 20.2 Å². The van der Waals surface area contributed by atoms with E-state index >= 15 is 0 Å². The Labute approximate surface area is 165 Å². The molecule has 2 aliphatic heterocycles. The Bertz CT molecular complexity index is 1150. The van der Waals surface area contributed by atoms with Gasteiger partial charge in [-0.25, -0.2) is 0 Å². The molecular formula is C22H13N5O2. The molecule has 138 valence electrons. The van der Waals surface area contributed by atoms with Crippen molar-refractivity contribution in [3.8, 4) is 0 Å². The predicted molar refractivity (Wildman–Crippen MR) is 108 cm³/mol. The van der Waals surface area contributed by atoms with Crippen molar-refractivity contribution in [3.05, 3.63) is 90.3 Å². The summed E-state index contributed by atoms with van der Waals surface area (Å²) in [7, 11) is 0. The van der Waals surface area contributed by atoms with Gasteiger partial charge in [0, 0.05) is 23.5 Å². The highest BCUT2D eigenvalue weighted by Crippen LogP contribution is 2.49. The van der Waals surface area contributed by atoms with E-state index in [9.17, 15) is 9.59 Å². The van der Waals surface area contributed by atoms with Crippen LogP contribution in [0.25, 0.3) is 0 Å². The van der Waals surface area contributed by atoms with Gasteiger partial charge in [-0.1, -0.05) is 36.4 Å².